The Labute approximate surface area is 134 Å². The molecule has 0 atom stereocenters. The molecule has 0 bridgehead atoms. The van der Waals surface area contributed by atoms with Crippen LogP contribution in [0.4, 0.5) is 5.13 Å². The first kappa shape index (κ1) is 13.6. The fourth-order valence-corrected chi connectivity index (χ4v) is 2.82. The number of aromatic nitrogens is 3. The number of benzene rings is 1. The third-order valence-corrected chi connectivity index (χ3v) is 3.96. The average Bonchev–Trinajstić information content (AvgIpc) is 3.21. The molecular formula is C16H10N4O2S. The summed E-state index contributed by atoms with van der Waals surface area (Å²) in [6.07, 6.45) is 4.39. The van der Waals surface area contributed by atoms with Gasteiger partial charge in [0, 0.05) is 23.2 Å². The van der Waals surface area contributed by atoms with Gasteiger partial charge < -0.3 is 4.42 Å². The first-order chi connectivity index (χ1) is 11.3. The Morgan fingerprint density at radius 3 is 2.96 bits per heavy atom. The normalized spacial score (nSPS) is 10.8. The van der Waals surface area contributed by atoms with Crippen LogP contribution >= 0.6 is 11.3 Å². The van der Waals surface area contributed by atoms with E-state index in [0.717, 1.165) is 11.0 Å². The molecule has 1 N–H and O–H groups in total. The van der Waals surface area contributed by atoms with Gasteiger partial charge in [-0.1, -0.05) is 18.2 Å². The highest BCUT2D eigenvalue weighted by atomic mass is 32.1. The molecule has 0 radical (unpaired) electrons. The van der Waals surface area contributed by atoms with E-state index in [-0.39, 0.29) is 11.6 Å². The molecule has 1 amide bonds. The number of carbonyl (C=O) groups is 1. The van der Waals surface area contributed by atoms with Crippen molar-refractivity contribution in [1.82, 2.24) is 15.0 Å². The highest BCUT2D eigenvalue weighted by Gasteiger charge is 2.13. The number of rotatable bonds is 3. The highest BCUT2D eigenvalue weighted by Crippen LogP contribution is 2.30. The van der Waals surface area contributed by atoms with Crippen molar-refractivity contribution in [3.8, 4) is 11.5 Å². The number of hydrogen-bond acceptors (Lipinski definition) is 6. The number of nitrogens with zero attached hydrogens (tertiary/aromatic N) is 3. The Bertz CT molecular complexity index is 945. The van der Waals surface area contributed by atoms with Crippen LogP contribution in [-0.2, 0) is 0 Å². The molecule has 0 unspecified atom stereocenters. The van der Waals surface area contributed by atoms with Crippen LogP contribution in [0.5, 0.6) is 0 Å². The summed E-state index contributed by atoms with van der Waals surface area (Å²) in [5, 5.41) is 6.04. The molecule has 112 valence electrons. The topological polar surface area (TPSA) is 80.9 Å². The molecule has 6 nitrogen and oxygen atoms in total. The van der Waals surface area contributed by atoms with Crippen LogP contribution < -0.4 is 5.32 Å². The van der Waals surface area contributed by atoms with Crippen LogP contribution in [0.25, 0.3) is 22.4 Å². The van der Waals surface area contributed by atoms with Crippen molar-refractivity contribution in [2.45, 2.75) is 0 Å². The molecule has 0 aliphatic rings. The number of hydrogen-bond donors (Lipinski definition) is 1. The Kier molecular flexibility index (Phi) is 3.32. The summed E-state index contributed by atoms with van der Waals surface area (Å²) in [5.74, 6) is 0.325. The smallest absolute Gasteiger partial charge is 0.277 e. The van der Waals surface area contributed by atoms with Crippen molar-refractivity contribution in [3.05, 3.63) is 60.0 Å². The number of para-hydroxylation sites is 1. The molecule has 3 aromatic heterocycles. The summed E-state index contributed by atoms with van der Waals surface area (Å²) in [6.45, 7) is 0. The van der Waals surface area contributed by atoms with E-state index >= 15 is 0 Å². The van der Waals surface area contributed by atoms with E-state index in [1.54, 1.807) is 0 Å². The predicted molar refractivity (Wildman–Crippen MR) is 87.3 cm³/mol. The van der Waals surface area contributed by atoms with Gasteiger partial charge in [-0.3, -0.25) is 15.1 Å². The van der Waals surface area contributed by atoms with Crippen molar-refractivity contribution < 1.29 is 9.21 Å². The van der Waals surface area contributed by atoms with E-state index in [0.29, 0.717) is 16.6 Å². The zero-order valence-electron chi connectivity index (χ0n) is 11.8. The zero-order chi connectivity index (χ0) is 15.6. The quantitative estimate of drug-likeness (QED) is 0.623. The minimum absolute atomic E-state index is 0.244. The van der Waals surface area contributed by atoms with Gasteiger partial charge in [0.15, 0.2) is 10.9 Å². The van der Waals surface area contributed by atoms with E-state index < -0.39 is 0 Å². The summed E-state index contributed by atoms with van der Waals surface area (Å²) >= 11 is 1.33. The van der Waals surface area contributed by atoms with E-state index in [1.165, 1.54) is 29.9 Å². The second-order valence-electron chi connectivity index (χ2n) is 4.73. The lowest BCUT2D eigenvalue weighted by Crippen LogP contribution is -2.13. The lowest BCUT2D eigenvalue weighted by Gasteiger charge is -1.99. The molecule has 1 aromatic carbocycles. The number of carbonyl (C=O) groups excluding carboxylic acids is 1. The SMILES string of the molecule is O=C(Nc1nc(-c2cc3ccccc3o2)cs1)c1cnccn1. The van der Waals surface area contributed by atoms with Crippen molar-refractivity contribution in [3.63, 3.8) is 0 Å². The summed E-state index contributed by atoms with van der Waals surface area (Å²) in [6, 6.07) is 9.69. The highest BCUT2D eigenvalue weighted by molar-refractivity contribution is 7.14. The Balaban J connectivity index is 1.58. The molecule has 3 heterocycles. The first-order valence-corrected chi connectivity index (χ1v) is 7.69. The number of nitrogens with one attached hydrogen (secondary N) is 1. The van der Waals surface area contributed by atoms with Gasteiger partial charge in [0.25, 0.3) is 5.91 Å². The summed E-state index contributed by atoms with van der Waals surface area (Å²) < 4.78 is 5.77. The van der Waals surface area contributed by atoms with Gasteiger partial charge in [0.05, 0.1) is 6.20 Å². The predicted octanol–water partition coefficient (Wildman–Crippen LogP) is 3.60. The Hall–Kier alpha value is -3.06. The number of furan rings is 1. The largest absolute Gasteiger partial charge is 0.454 e. The monoisotopic (exact) mass is 322 g/mol. The molecule has 23 heavy (non-hydrogen) atoms. The third kappa shape index (κ3) is 2.69. The molecule has 0 fully saturated rings. The molecule has 0 aliphatic heterocycles. The van der Waals surface area contributed by atoms with E-state index in [1.807, 2.05) is 35.7 Å². The Morgan fingerprint density at radius 2 is 2.13 bits per heavy atom. The van der Waals surface area contributed by atoms with Crippen molar-refractivity contribution in [1.29, 1.82) is 0 Å². The van der Waals surface area contributed by atoms with E-state index in [9.17, 15) is 4.79 Å². The maximum atomic E-state index is 12.0. The fourth-order valence-electron chi connectivity index (χ4n) is 2.13. The van der Waals surface area contributed by atoms with Gasteiger partial charge in [-0.25, -0.2) is 9.97 Å². The molecule has 0 spiro atoms. The van der Waals surface area contributed by atoms with Crippen LogP contribution in [0, 0.1) is 0 Å². The van der Waals surface area contributed by atoms with Crippen LogP contribution in [0.15, 0.2) is 58.7 Å². The minimum atomic E-state index is -0.344. The molecule has 0 saturated carbocycles. The number of fused-ring (bicyclic) bond motifs is 1. The van der Waals surface area contributed by atoms with Gasteiger partial charge in [-0.05, 0) is 12.1 Å². The van der Waals surface area contributed by atoms with Crippen LogP contribution in [0.1, 0.15) is 10.5 Å². The fraction of sp³-hybridized carbons (Fsp3) is 0. The summed E-state index contributed by atoms with van der Waals surface area (Å²) in [7, 11) is 0. The van der Waals surface area contributed by atoms with Gasteiger partial charge >= 0.3 is 0 Å². The third-order valence-electron chi connectivity index (χ3n) is 3.20. The summed E-state index contributed by atoms with van der Waals surface area (Å²) in [5.41, 5.74) is 1.73. The van der Waals surface area contributed by atoms with E-state index in [4.69, 9.17) is 4.42 Å². The van der Waals surface area contributed by atoms with Crippen molar-refractivity contribution in [2.24, 2.45) is 0 Å². The van der Waals surface area contributed by atoms with Gasteiger partial charge in [0.2, 0.25) is 0 Å². The van der Waals surface area contributed by atoms with Gasteiger partial charge in [0.1, 0.15) is 17.0 Å². The standard InChI is InChI=1S/C16H10N4O2S/c21-15(11-8-17-5-6-18-11)20-16-19-12(9-23-16)14-7-10-3-1-2-4-13(10)22-14/h1-9H,(H,19,20,21). The molecule has 0 saturated heterocycles. The number of amides is 1. The van der Waals surface area contributed by atoms with Gasteiger partial charge in [-0.15, -0.1) is 11.3 Å². The first-order valence-electron chi connectivity index (χ1n) is 6.81. The molecule has 0 aliphatic carbocycles. The second-order valence-corrected chi connectivity index (χ2v) is 5.59. The molecule has 4 aromatic rings. The Morgan fingerprint density at radius 1 is 1.22 bits per heavy atom. The van der Waals surface area contributed by atoms with Crippen LogP contribution in [-0.4, -0.2) is 20.9 Å². The number of thiazole rings is 1. The molecule has 7 heteroatoms. The molecular weight excluding hydrogens is 312 g/mol. The van der Waals surface area contributed by atoms with Crippen LogP contribution in [0.2, 0.25) is 0 Å². The maximum absolute atomic E-state index is 12.0. The molecule has 4 rings (SSSR count). The van der Waals surface area contributed by atoms with Crippen LogP contribution in [0.3, 0.4) is 0 Å². The van der Waals surface area contributed by atoms with Crippen molar-refractivity contribution in [2.75, 3.05) is 5.32 Å². The second kappa shape index (κ2) is 5.62. The average molecular weight is 322 g/mol. The van der Waals surface area contributed by atoms with E-state index in [2.05, 4.69) is 20.3 Å². The zero-order valence-corrected chi connectivity index (χ0v) is 12.6. The lowest BCUT2D eigenvalue weighted by atomic mass is 10.2. The lowest BCUT2D eigenvalue weighted by molar-refractivity contribution is 0.102. The minimum Gasteiger partial charge on any atom is -0.454 e. The maximum Gasteiger partial charge on any atom is 0.277 e. The number of anilines is 1. The van der Waals surface area contributed by atoms with Gasteiger partial charge in [-0.2, -0.15) is 0 Å². The van der Waals surface area contributed by atoms with Crippen molar-refractivity contribution >= 4 is 33.3 Å². The summed E-state index contributed by atoms with van der Waals surface area (Å²) in [4.78, 5) is 24.2.